The fourth-order valence-corrected chi connectivity index (χ4v) is 1.76. The Kier molecular flexibility index (Phi) is 6.79. The first-order valence-corrected chi connectivity index (χ1v) is 6.91. The summed E-state index contributed by atoms with van der Waals surface area (Å²) in [5.74, 6) is 0.873. The second-order valence-electron chi connectivity index (χ2n) is 4.42. The van der Waals surface area contributed by atoms with Gasteiger partial charge in [-0.2, -0.15) is 0 Å². The molecule has 0 heterocycles. The molecule has 1 aromatic carbocycles. The molecule has 0 bridgehead atoms. The Labute approximate surface area is 119 Å². The van der Waals surface area contributed by atoms with Crippen molar-refractivity contribution >= 4 is 5.69 Å². The van der Waals surface area contributed by atoms with Gasteiger partial charge in [0.05, 0.1) is 18.1 Å². The van der Waals surface area contributed by atoms with Crippen LogP contribution in [0.2, 0.25) is 0 Å². The van der Waals surface area contributed by atoms with Gasteiger partial charge in [-0.15, -0.1) is 0 Å². The second-order valence-corrected chi connectivity index (χ2v) is 4.42. The lowest BCUT2D eigenvalue weighted by molar-refractivity contribution is -0.385. The molecule has 2 N–H and O–H groups in total. The Morgan fingerprint density at radius 1 is 1.15 bits per heavy atom. The monoisotopic (exact) mass is 282 g/mol. The van der Waals surface area contributed by atoms with E-state index in [-0.39, 0.29) is 11.4 Å². The molecule has 0 radical (unpaired) electrons. The fourth-order valence-electron chi connectivity index (χ4n) is 1.76. The quantitative estimate of drug-likeness (QED) is 0.555. The van der Waals surface area contributed by atoms with Gasteiger partial charge in [-0.1, -0.05) is 13.8 Å². The molecule has 0 aliphatic heterocycles. The topological polar surface area (TPSA) is 87.6 Å². The number of nitrogens with zero attached hydrogens (tertiary/aromatic N) is 1. The maximum atomic E-state index is 11.1. The highest BCUT2D eigenvalue weighted by molar-refractivity contribution is 5.55. The molecule has 0 saturated carbocycles. The van der Waals surface area contributed by atoms with Crippen molar-refractivity contribution in [3.05, 3.63) is 27.8 Å². The van der Waals surface area contributed by atoms with Crippen LogP contribution in [0.4, 0.5) is 5.69 Å². The van der Waals surface area contributed by atoms with Gasteiger partial charge < -0.3 is 15.2 Å². The summed E-state index contributed by atoms with van der Waals surface area (Å²) < 4.78 is 11.1. The van der Waals surface area contributed by atoms with Gasteiger partial charge >= 0.3 is 5.69 Å². The number of rotatable bonds is 9. The number of benzene rings is 1. The van der Waals surface area contributed by atoms with E-state index in [0.717, 1.165) is 18.4 Å². The van der Waals surface area contributed by atoms with Gasteiger partial charge in [-0.3, -0.25) is 10.1 Å². The molecule has 112 valence electrons. The van der Waals surface area contributed by atoms with Crippen LogP contribution in [0.25, 0.3) is 0 Å². The van der Waals surface area contributed by atoms with Crippen molar-refractivity contribution < 1.29 is 14.4 Å². The van der Waals surface area contributed by atoms with E-state index in [1.807, 2.05) is 13.8 Å². The lowest BCUT2D eigenvalue weighted by Gasteiger charge is -2.13. The molecule has 0 aromatic heterocycles. The number of nitro benzene ring substituents is 1. The van der Waals surface area contributed by atoms with E-state index in [1.165, 1.54) is 6.07 Å². The summed E-state index contributed by atoms with van der Waals surface area (Å²) in [6, 6.07) is 3.11. The van der Waals surface area contributed by atoms with Crippen LogP contribution >= 0.6 is 0 Å². The number of nitrogens with two attached hydrogens (primary N) is 1. The van der Waals surface area contributed by atoms with E-state index in [0.29, 0.717) is 31.9 Å². The van der Waals surface area contributed by atoms with Gasteiger partial charge in [-0.25, -0.2) is 0 Å². The molecule has 1 rings (SSSR count). The largest absolute Gasteiger partial charge is 0.493 e. The zero-order valence-corrected chi connectivity index (χ0v) is 12.1. The summed E-state index contributed by atoms with van der Waals surface area (Å²) >= 11 is 0. The molecule has 0 aliphatic carbocycles. The molecule has 0 unspecified atom stereocenters. The number of hydrogen-bond acceptors (Lipinski definition) is 5. The van der Waals surface area contributed by atoms with Crippen molar-refractivity contribution in [2.24, 2.45) is 5.73 Å². The number of ether oxygens (including phenoxy) is 2. The minimum absolute atomic E-state index is 0.0363. The summed E-state index contributed by atoms with van der Waals surface area (Å²) in [5.41, 5.74) is 6.26. The third-order valence-corrected chi connectivity index (χ3v) is 2.68. The standard InChI is InChI=1S/C14H22N2O4/c1-3-7-19-13-10-14(20-8-4-2)12(16(17)18)9-11(13)5-6-15/h9-10H,3-8,15H2,1-2H3. The predicted molar refractivity (Wildman–Crippen MR) is 77.4 cm³/mol. The molecule has 6 nitrogen and oxygen atoms in total. The highest BCUT2D eigenvalue weighted by atomic mass is 16.6. The molecule has 0 aliphatic rings. The maximum absolute atomic E-state index is 11.1. The van der Waals surface area contributed by atoms with Crippen LogP contribution in [0.1, 0.15) is 32.3 Å². The van der Waals surface area contributed by atoms with Crippen molar-refractivity contribution in [2.75, 3.05) is 19.8 Å². The van der Waals surface area contributed by atoms with Crippen molar-refractivity contribution in [3.8, 4) is 11.5 Å². The predicted octanol–water partition coefficient (Wildman–Crippen LogP) is 2.67. The first kappa shape index (κ1) is 16.2. The summed E-state index contributed by atoms with van der Waals surface area (Å²) in [6.45, 7) is 5.35. The van der Waals surface area contributed by atoms with Crippen LogP contribution in [0.3, 0.4) is 0 Å². The third kappa shape index (κ3) is 4.38. The summed E-state index contributed by atoms with van der Waals surface area (Å²) in [6.07, 6.45) is 2.19. The first-order chi connectivity index (χ1) is 9.63. The van der Waals surface area contributed by atoms with E-state index in [4.69, 9.17) is 15.2 Å². The molecule has 0 saturated heterocycles. The van der Waals surface area contributed by atoms with Crippen molar-refractivity contribution in [2.45, 2.75) is 33.1 Å². The molecule has 6 heteroatoms. The van der Waals surface area contributed by atoms with E-state index >= 15 is 0 Å². The smallest absolute Gasteiger partial charge is 0.311 e. The minimum Gasteiger partial charge on any atom is -0.493 e. The summed E-state index contributed by atoms with van der Waals surface area (Å²) in [5, 5.41) is 11.1. The summed E-state index contributed by atoms with van der Waals surface area (Å²) in [4.78, 5) is 10.7. The zero-order valence-electron chi connectivity index (χ0n) is 12.1. The third-order valence-electron chi connectivity index (χ3n) is 2.68. The summed E-state index contributed by atoms with van der Waals surface area (Å²) in [7, 11) is 0. The van der Waals surface area contributed by atoms with Crippen molar-refractivity contribution in [1.82, 2.24) is 0 Å². The van der Waals surface area contributed by atoms with Gasteiger partial charge in [0.25, 0.3) is 0 Å². The normalized spacial score (nSPS) is 10.3. The SMILES string of the molecule is CCCOc1cc(OCCC)c([N+](=O)[O-])cc1CCN. The second kappa shape index (κ2) is 8.37. The highest BCUT2D eigenvalue weighted by Gasteiger charge is 2.20. The maximum Gasteiger partial charge on any atom is 0.311 e. The van der Waals surface area contributed by atoms with E-state index in [2.05, 4.69) is 0 Å². The van der Waals surface area contributed by atoms with Gasteiger partial charge in [0.1, 0.15) is 5.75 Å². The fraction of sp³-hybridized carbons (Fsp3) is 0.571. The number of nitro groups is 1. The van der Waals surface area contributed by atoms with Crippen LogP contribution in [-0.2, 0) is 6.42 Å². The molecule has 0 amide bonds. The van der Waals surface area contributed by atoms with Gasteiger partial charge in [0.15, 0.2) is 0 Å². The first-order valence-electron chi connectivity index (χ1n) is 6.91. The highest BCUT2D eigenvalue weighted by Crippen LogP contribution is 2.35. The van der Waals surface area contributed by atoms with Crippen LogP contribution in [0, 0.1) is 10.1 Å². The van der Waals surface area contributed by atoms with E-state index < -0.39 is 4.92 Å². The molecule has 20 heavy (non-hydrogen) atoms. The van der Waals surface area contributed by atoms with Crippen LogP contribution in [0.15, 0.2) is 12.1 Å². The molecular formula is C14H22N2O4. The van der Waals surface area contributed by atoms with Crippen LogP contribution in [-0.4, -0.2) is 24.7 Å². The van der Waals surface area contributed by atoms with Crippen LogP contribution in [0.5, 0.6) is 11.5 Å². The Balaban J connectivity index is 3.15. The minimum atomic E-state index is -0.436. The van der Waals surface area contributed by atoms with Gasteiger partial charge in [0, 0.05) is 17.7 Å². The molecular weight excluding hydrogens is 260 g/mol. The Hall–Kier alpha value is -1.82. The molecule has 1 aromatic rings. The molecule has 0 atom stereocenters. The van der Waals surface area contributed by atoms with Crippen molar-refractivity contribution in [1.29, 1.82) is 0 Å². The lowest BCUT2D eigenvalue weighted by atomic mass is 10.1. The zero-order chi connectivity index (χ0) is 15.0. The van der Waals surface area contributed by atoms with E-state index in [1.54, 1.807) is 6.07 Å². The van der Waals surface area contributed by atoms with E-state index in [9.17, 15) is 10.1 Å². The van der Waals surface area contributed by atoms with Gasteiger partial charge in [-0.05, 0) is 25.8 Å². The average molecular weight is 282 g/mol. The van der Waals surface area contributed by atoms with Crippen molar-refractivity contribution in [3.63, 3.8) is 0 Å². The van der Waals surface area contributed by atoms with Crippen LogP contribution < -0.4 is 15.2 Å². The van der Waals surface area contributed by atoms with Gasteiger partial charge in [0.2, 0.25) is 5.75 Å². The Morgan fingerprint density at radius 2 is 1.75 bits per heavy atom. The Bertz CT molecular complexity index is 449. The lowest BCUT2D eigenvalue weighted by Crippen LogP contribution is -2.08. The molecule has 0 fully saturated rings. The average Bonchev–Trinajstić information content (AvgIpc) is 2.44. The number of hydrogen-bond donors (Lipinski definition) is 1. The molecule has 0 spiro atoms. The Morgan fingerprint density at radius 3 is 2.25 bits per heavy atom.